The van der Waals surface area contributed by atoms with Gasteiger partial charge in [-0.1, -0.05) is 24.1 Å². The molecule has 0 fully saturated rings. The van der Waals surface area contributed by atoms with Crippen molar-refractivity contribution < 1.29 is 19.1 Å². The van der Waals surface area contributed by atoms with Crippen LogP contribution in [-0.2, 0) is 4.74 Å². The highest BCUT2D eigenvalue weighted by atomic mass is 16.6. The van der Waals surface area contributed by atoms with Gasteiger partial charge in [0.1, 0.15) is 11.5 Å². The van der Waals surface area contributed by atoms with E-state index in [1.165, 1.54) is 0 Å². The Morgan fingerprint density at radius 3 is 2.46 bits per heavy atom. The molecule has 0 aromatic heterocycles. The zero-order valence-corrected chi connectivity index (χ0v) is 12.4. The van der Waals surface area contributed by atoms with E-state index in [0.717, 1.165) is 0 Å². The van der Waals surface area contributed by atoms with Gasteiger partial charge in [0.15, 0.2) is 0 Å². The molecule has 1 heterocycles. The number of hydrogen-bond donors (Lipinski definition) is 0. The summed E-state index contributed by atoms with van der Waals surface area (Å²) in [5, 5.41) is 1.21. The summed E-state index contributed by atoms with van der Waals surface area (Å²) in [5.41, 5.74) is 1.41. The van der Waals surface area contributed by atoms with Crippen LogP contribution in [-0.4, -0.2) is 11.9 Å². The molecular weight excluding hydrogens is 304 g/mol. The molecule has 0 aliphatic carbocycles. The zero-order chi connectivity index (χ0) is 16.7. The predicted molar refractivity (Wildman–Crippen MR) is 88.1 cm³/mol. The first kappa shape index (κ1) is 14.0. The number of carbonyl (C=O) groups is 2. The number of rotatable bonds is 2. The van der Waals surface area contributed by atoms with Crippen LogP contribution in [0.4, 0.5) is 0 Å². The maximum absolute atomic E-state index is 11.9. The lowest BCUT2D eigenvalue weighted by Gasteiger charge is -2.17. The largest absolute Gasteiger partial charge is 0.457 e. The third-order valence-corrected chi connectivity index (χ3v) is 3.85. The number of benzene rings is 3. The number of carbonyl (C=O) groups excluding carboxylic acids is 2. The summed E-state index contributed by atoms with van der Waals surface area (Å²) in [6, 6.07) is 15.6. The Morgan fingerprint density at radius 2 is 1.67 bits per heavy atom. The van der Waals surface area contributed by atoms with Crippen LogP contribution < -0.4 is 4.74 Å². The van der Waals surface area contributed by atoms with E-state index in [2.05, 4.69) is 5.92 Å². The molecule has 24 heavy (non-hydrogen) atoms. The van der Waals surface area contributed by atoms with Gasteiger partial charge in [-0.05, 0) is 36.4 Å². The SMILES string of the molecule is C#Cc1cccc(Oc2ccc3c4c(cccc24)C(=O)OC3=O)c1. The standard InChI is InChI=1S/C20H10O4/c1-2-12-5-3-6-13(11-12)23-17-10-9-16-18-14(17)7-4-8-15(18)19(21)24-20(16)22/h1,3-11H. The van der Waals surface area contributed by atoms with Crippen molar-refractivity contribution in [3.63, 3.8) is 0 Å². The lowest BCUT2D eigenvalue weighted by atomic mass is 9.96. The molecule has 4 heteroatoms. The number of ether oxygens (including phenoxy) is 2. The number of cyclic esters (lactones) is 2. The highest BCUT2D eigenvalue weighted by Gasteiger charge is 2.28. The fourth-order valence-corrected chi connectivity index (χ4v) is 2.78. The van der Waals surface area contributed by atoms with Gasteiger partial charge in [0, 0.05) is 16.3 Å². The summed E-state index contributed by atoms with van der Waals surface area (Å²) >= 11 is 0. The average molecular weight is 314 g/mol. The highest BCUT2D eigenvalue weighted by molar-refractivity contribution is 6.21. The van der Waals surface area contributed by atoms with Gasteiger partial charge in [0.2, 0.25) is 0 Å². The van der Waals surface area contributed by atoms with Crippen LogP contribution >= 0.6 is 0 Å². The van der Waals surface area contributed by atoms with Crippen molar-refractivity contribution in [3.8, 4) is 23.8 Å². The molecule has 0 atom stereocenters. The monoisotopic (exact) mass is 314 g/mol. The van der Waals surface area contributed by atoms with Crippen LogP contribution in [0.25, 0.3) is 10.8 Å². The minimum atomic E-state index is -0.649. The van der Waals surface area contributed by atoms with E-state index < -0.39 is 11.9 Å². The minimum Gasteiger partial charge on any atom is -0.457 e. The average Bonchev–Trinajstić information content (AvgIpc) is 2.60. The van der Waals surface area contributed by atoms with E-state index in [4.69, 9.17) is 15.9 Å². The van der Waals surface area contributed by atoms with Gasteiger partial charge in [0.25, 0.3) is 0 Å². The van der Waals surface area contributed by atoms with E-state index in [1.54, 1.807) is 54.6 Å². The van der Waals surface area contributed by atoms with Gasteiger partial charge in [-0.25, -0.2) is 9.59 Å². The normalized spacial score (nSPS) is 12.6. The Hall–Kier alpha value is -3.58. The zero-order valence-electron chi connectivity index (χ0n) is 12.4. The summed E-state index contributed by atoms with van der Waals surface area (Å²) in [6.45, 7) is 0. The fraction of sp³-hybridized carbons (Fsp3) is 0. The highest BCUT2D eigenvalue weighted by Crippen LogP contribution is 2.36. The Morgan fingerprint density at radius 1 is 0.917 bits per heavy atom. The fourth-order valence-electron chi connectivity index (χ4n) is 2.78. The molecule has 4 rings (SSSR count). The van der Waals surface area contributed by atoms with Crippen molar-refractivity contribution >= 4 is 22.7 Å². The van der Waals surface area contributed by atoms with Gasteiger partial charge < -0.3 is 9.47 Å². The molecule has 0 saturated heterocycles. The molecule has 4 nitrogen and oxygen atoms in total. The number of terminal acetylenes is 1. The number of esters is 2. The Bertz CT molecular complexity index is 1040. The number of hydrogen-bond acceptors (Lipinski definition) is 4. The second-order valence-electron chi connectivity index (χ2n) is 5.29. The molecule has 0 radical (unpaired) electrons. The van der Waals surface area contributed by atoms with Crippen LogP contribution in [0.15, 0.2) is 54.6 Å². The molecular formula is C20H10O4. The van der Waals surface area contributed by atoms with Crippen molar-refractivity contribution in [2.24, 2.45) is 0 Å². The van der Waals surface area contributed by atoms with Gasteiger partial charge in [-0.2, -0.15) is 0 Å². The van der Waals surface area contributed by atoms with Crippen molar-refractivity contribution in [1.29, 1.82) is 0 Å². The van der Waals surface area contributed by atoms with E-state index in [-0.39, 0.29) is 0 Å². The predicted octanol–water partition coefficient (Wildman–Crippen LogP) is 3.92. The molecule has 0 bridgehead atoms. The molecule has 1 aliphatic heterocycles. The molecule has 0 amide bonds. The topological polar surface area (TPSA) is 52.6 Å². The van der Waals surface area contributed by atoms with Crippen LogP contribution in [0.1, 0.15) is 26.3 Å². The summed E-state index contributed by atoms with van der Waals surface area (Å²) in [4.78, 5) is 23.9. The second-order valence-corrected chi connectivity index (χ2v) is 5.29. The molecule has 0 N–H and O–H groups in total. The summed E-state index contributed by atoms with van der Waals surface area (Å²) < 4.78 is 10.7. The van der Waals surface area contributed by atoms with Crippen LogP contribution in [0.5, 0.6) is 11.5 Å². The Labute approximate surface area is 137 Å². The molecule has 0 spiro atoms. The van der Waals surface area contributed by atoms with Crippen molar-refractivity contribution in [2.75, 3.05) is 0 Å². The van der Waals surface area contributed by atoms with E-state index in [9.17, 15) is 9.59 Å². The van der Waals surface area contributed by atoms with Crippen LogP contribution in [0.3, 0.4) is 0 Å². The van der Waals surface area contributed by atoms with E-state index >= 15 is 0 Å². The van der Waals surface area contributed by atoms with Crippen molar-refractivity contribution in [3.05, 3.63) is 71.3 Å². The first-order chi connectivity index (χ1) is 11.7. The quantitative estimate of drug-likeness (QED) is 0.409. The first-order valence-corrected chi connectivity index (χ1v) is 7.24. The lowest BCUT2D eigenvalue weighted by molar-refractivity contribution is 0.0391. The summed E-state index contributed by atoms with van der Waals surface area (Å²) in [6.07, 6.45) is 5.40. The maximum atomic E-state index is 11.9. The molecule has 3 aromatic carbocycles. The van der Waals surface area contributed by atoms with Gasteiger partial charge in [-0.15, -0.1) is 6.42 Å². The summed E-state index contributed by atoms with van der Waals surface area (Å²) in [5.74, 6) is 2.37. The van der Waals surface area contributed by atoms with Gasteiger partial charge in [-0.3, -0.25) is 0 Å². The Kier molecular flexibility index (Phi) is 3.07. The third-order valence-electron chi connectivity index (χ3n) is 3.85. The van der Waals surface area contributed by atoms with Crippen LogP contribution in [0.2, 0.25) is 0 Å². The third kappa shape index (κ3) is 2.11. The van der Waals surface area contributed by atoms with Gasteiger partial charge in [0.05, 0.1) is 11.1 Å². The molecule has 3 aromatic rings. The molecule has 1 aliphatic rings. The van der Waals surface area contributed by atoms with E-state index in [0.29, 0.717) is 39.0 Å². The van der Waals surface area contributed by atoms with Crippen molar-refractivity contribution in [1.82, 2.24) is 0 Å². The lowest BCUT2D eigenvalue weighted by Crippen LogP contribution is -2.19. The first-order valence-electron chi connectivity index (χ1n) is 7.24. The smallest absolute Gasteiger partial charge is 0.346 e. The molecule has 114 valence electrons. The summed E-state index contributed by atoms with van der Waals surface area (Å²) in [7, 11) is 0. The van der Waals surface area contributed by atoms with Crippen LogP contribution in [0, 0.1) is 12.3 Å². The Balaban J connectivity index is 1.90. The minimum absolute atomic E-state index is 0.352. The molecule has 0 saturated carbocycles. The van der Waals surface area contributed by atoms with Crippen molar-refractivity contribution in [2.45, 2.75) is 0 Å². The van der Waals surface area contributed by atoms with Gasteiger partial charge >= 0.3 is 11.9 Å². The van der Waals surface area contributed by atoms with E-state index in [1.807, 2.05) is 0 Å². The maximum Gasteiger partial charge on any atom is 0.346 e. The molecule has 0 unspecified atom stereocenters. The second kappa shape index (κ2) is 5.25.